The topological polar surface area (TPSA) is 18.5 Å². The molecule has 24 heavy (non-hydrogen) atoms. The second-order valence-electron chi connectivity index (χ2n) is 8.88. The van der Waals surface area contributed by atoms with E-state index in [1.165, 1.54) is 70.6 Å². The average molecular weight is 343 g/mol. The Kier molecular flexibility index (Phi) is 14.1. The van der Waals surface area contributed by atoms with Gasteiger partial charge in [0.05, 0.1) is 11.7 Å². The number of rotatable bonds is 15. The molecule has 0 aliphatic rings. The summed E-state index contributed by atoms with van der Waals surface area (Å²) in [5, 5.41) is 0. The predicted octanol–water partition coefficient (Wildman–Crippen LogP) is 7.70. The van der Waals surface area contributed by atoms with E-state index < -0.39 is 0 Å². The Morgan fingerprint density at radius 1 is 0.708 bits per heavy atom. The van der Waals surface area contributed by atoms with Crippen molar-refractivity contribution in [2.45, 2.75) is 131 Å². The standard InChI is InChI=1S/C22H46O2/c1-8-9-10-11-12-13-14-15-16-17-18-21(19(2)3)20(4)23-24-22(5,6)7/h19-21H,8-18H2,1-7H3. The maximum Gasteiger partial charge on any atom is 0.0952 e. The first-order valence-electron chi connectivity index (χ1n) is 10.6. The van der Waals surface area contributed by atoms with Crippen LogP contribution in [0, 0.1) is 11.8 Å². The van der Waals surface area contributed by atoms with Gasteiger partial charge in [0.2, 0.25) is 0 Å². The maximum absolute atomic E-state index is 5.67. The lowest BCUT2D eigenvalue weighted by Crippen LogP contribution is -2.30. The summed E-state index contributed by atoms with van der Waals surface area (Å²) in [6.45, 7) is 15.2. The Bertz CT molecular complexity index is 268. The predicted molar refractivity (Wildman–Crippen MR) is 106 cm³/mol. The number of unbranched alkanes of at least 4 members (excludes halogenated alkanes) is 9. The summed E-state index contributed by atoms with van der Waals surface area (Å²) < 4.78 is 0. The zero-order chi connectivity index (χ0) is 18.4. The van der Waals surface area contributed by atoms with E-state index in [0.29, 0.717) is 11.8 Å². The van der Waals surface area contributed by atoms with E-state index in [1.54, 1.807) is 0 Å². The molecule has 0 rings (SSSR count). The van der Waals surface area contributed by atoms with E-state index in [1.807, 2.05) is 20.8 Å². The minimum atomic E-state index is -0.229. The van der Waals surface area contributed by atoms with Crippen LogP contribution in [0.25, 0.3) is 0 Å². The van der Waals surface area contributed by atoms with Crippen molar-refractivity contribution in [3.05, 3.63) is 0 Å². The summed E-state index contributed by atoms with van der Waals surface area (Å²) in [7, 11) is 0. The summed E-state index contributed by atoms with van der Waals surface area (Å²) >= 11 is 0. The Morgan fingerprint density at radius 2 is 1.17 bits per heavy atom. The second kappa shape index (κ2) is 14.1. The Morgan fingerprint density at radius 3 is 1.58 bits per heavy atom. The summed E-state index contributed by atoms with van der Waals surface area (Å²) in [4.78, 5) is 11.2. The molecular formula is C22H46O2. The molecule has 0 aromatic rings. The van der Waals surface area contributed by atoms with E-state index >= 15 is 0 Å². The molecule has 2 atom stereocenters. The molecule has 2 nitrogen and oxygen atoms in total. The van der Waals surface area contributed by atoms with Crippen molar-refractivity contribution in [1.29, 1.82) is 0 Å². The van der Waals surface area contributed by atoms with Gasteiger partial charge in [-0.15, -0.1) is 0 Å². The van der Waals surface area contributed by atoms with Crippen molar-refractivity contribution >= 4 is 0 Å². The van der Waals surface area contributed by atoms with Crippen molar-refractivity contribution in [2.24, 2.45) is 11.8 Å². The van der Waals surface area contributed by atoms with Crippen LogP contribution in [0.5, 0.6) is 0 Å². The highest BCUT2D eigenvalue weighted by atomic mass is 17.2. The summed E-state index contributed by atoms with van der Waals surface area (Å²) in [5.41, 5.74) is -0.229. The molecule has 2 heteroatoms. The first-order valence-corrected chi connectivity index (χ1v) is 10.6. The highest BCUT2D eigenvalue weighted by molar-refractivity contribution is 4.70. The van der Waals surface area contributed by atoms with E-state index in [9.17, 15) is 0 Å². The van der Waals surface area contributed by atoms with Crippen LogP contribution < -0.4 is 0 Å². The molecule has 0 saturated heterocycles. The van der Waals surface area contributed by atoms with Gasteiger partial charge in [0.1, 0.15) is 0 Å². The molecule has 0 bridgehead atoms. The van der Waals surface area contributed by atoms with Crippen molar-refractivity contribution in [1.82, 2.24) is 0 Å². The molecule has 0 radical (unpaired) electrons. The van der Waals surface area contributed by atoms with Gasteiger partial charge >= 0.3 is 0 Å². The van der Waals surface area contributed by atoms with Crippen LogP contribution in [0.1, 0.15) is 119 Å². The average Bonchev–Trinajstić information content (AvgIpc) is 2.49. The van der Waals surface area contributed by atoms with Gasteiger partial charge in [0.25, 0.3) is 0 Å². The fourth-order valence-electron chi connectivity index (χ4n) is 3.27. The first-order chi connectivity index (χ1) is 11.3. The molecule has 2 unspecified atom stereocenters. The van der Waals surface area contributed by atoms with Gasteiger partial charge in [0.15, 0.2) is 0 Å². The van der Waals surface area contributed by atoms with Crippen molar-refractivity contribution < 1.29 is 9.78 Å². The third-order valence-electron chi connectivity index (χ3n) is 4.80. The van der Waals surface area contributed by atoms with Gasteiger partial charge in [-0.1, -0.05) is 85.0 Å². The Hall–Kier alpha value is -0.0800. The molecule has 0 N–H and O–H groups in total. The van der Waals surface area contributed by atoms with Crippen LogP contribution in [-0.2, 0) is 9.78 Å². The van der Waals surface area contributed by atoms with Gasteiger partial charge in [-0.3, -0.25) is 0 Å². The summed E-state index contributed by atoms with van der Waals surface area (Å²) in [5.74, 6) is 1.23. The molecule has 0 aliphatic heterocycles. The molecule has 0 fully saturated rings. The third kappa shape index (κ3) is 14.3. The van der Waals surface area contributed by atoms with Crippen LogP contribution in [0.15, 0.2) is 0 Å². The zero-order valence-electron chi connectivity index (χ0n) is 17.8. The Labute approximate surface area is 153 Å². The highest BCUT2D eigenvalue weighted by Crippen LogP contribution is 2.26. The monoisotopic (exact) mass is 342 g/mol. The fraction of sp³-hybridized carbons (Fsp3) is 1.00. The fourth-order valence-corrected chi connectivity index (χ4v) is 3.27. The minimum absolute atomic E-state index is 0.169. The van der Waals surface area contributed by atoms with Crippen molar-refractivity contribution in [2.75, 3.05) is 0 Å². The van der Waals surface area contributed by atoms with Crippen LogP contribution in [-0.4, -0.2) is 11.7 Å². The highest BCUT2D eigenvalue weighted by Gasteiger charge is 2.24. The molecule has 0 heterocycles. The molecule has 0 saturated carbocycles. The lowest BCUT2D eigenvalue weighted by atomic mass is 9.86. The SMILES string of the molecule is CCCCCCCCCCCCC(C(C)C)C(C)OOC(C)(C)C. The molecule has 146 valence electrons. The third-order valence-corrected chi connectivity index (χ3v) is 4.80. The first kappa shape index (κ1) is 23.9. The molecule has 0 aromatic heterocycles. The van der Waals surface area contributed by atoms with Crippen molar-refractivity contribution in [3.63, 3.8) is 0 Å². The van der Waals surface area contributed by atoms with E-state index in [2.05, 4.69) is 27.7 Å². The summed E-state index contributed by atoms with van der Waals surface area (Å²) in [6.07, 6.45) is 15.4. The normalized spacial score (nSPS) is 15.0. The van der Waals surface area contributed by atoms with Gasteiger partial charge in [0, 0.05) is 0 Å². The molecule has 0 aliphatic carbocycles. The molecule has 0 amide bonds. The summed E-state index contributed by atoms with van der Waals surface area (Å²) in [6, 6.07) is 0. The number of hydrogen-bond acceptors (Lipinski definition) is 2. The van der Waals surface area contributed by atoms with Gasteiger partial charge in [-0.05, 0) is 46.0 Å². The zero-order valence-corrected chi connectivity index (χ0v) is 17.8. The maximum atomic E-state index is 5.67. The van der Waals surface area contributed by atoms with Crippen molar-refractivity contribution in [3.8, 4) is 0 Å². The molecular weight excluding hydrogens is 296 g/mol. The smallest absolute Gasteiger partial charge is 0.0952 e. The molecule has 0 aromatic carbocycles. The van der Waals surface area contributed by atoms with E-state index in [4.69, 9.17) is 9.78 Å². The van der Waals surface area contributed by atoms with Crippen LogP contribution >= 0.6 is 0 Å². The lowest BCUT2D eigenvalue weighted by molar-refractivity contribution is -0.378. The van der Waals surface area contributed by atoms with Crippen LogP contribution in [0.2, 0.25) is 0 Å². The van der Waals surface area contributed by atoms with Gasteiger partial charge in [-0.25, -0.2) is 9.78 Å². The largest absolute Gasteiger partial charge is 0.233 e. The number of hydrogen-bond donors (Lipinski definition) is 0. The second-order valence-corrected chi connectivity index (χ2v) is 8.88. The quantitative estimate of drug-likeness (QED) is 0.172. The van der Waals surface area contributed by atoms with Gasteiger partial charge in [-0.2, -0.15) is 0 Å². The van der Waals surface area contributed by atoms with E-state index in [-0.39, 0.29) is 11.7 Å². The van der Waals surface area contributed by atoms with E-state index in [0.717, 1.165) is 0 Å². The van der Waals surface area contributed by atoms with Crippen LogP contribution in [0.3, 0.4) is 0 Å². The minimum Gasteiger partial charge on any atom is -0.233 e. The lowest BCUT2D eigenvalue weighted by Gasteiger charge is -2.29. The molecule has 0 spiro atoms. The van der Waals surface area contributed by atoms with Gasteiger partial charge < -0.3 is 0 Å². The Balaban J connectivity index is 3.75. The van der Waals surface area contributed by atoms with Crippen LogP contribution in [0.4, 0.5) is 0 Å².